The Bertz CT molecular complexity index is 208. The molecule has 0 aromatic rings. The van der Waals surface area contributed by atoms with Crippen molar-refractivity contribution in [2.75, 3.05) is 0 Å². The molecule has 0 unspecified atom stereocenters. The zero-order valence-electron chi connectivity index (χ0n) is 9.55. The third-order valence-electron chi connectivity index (χ3n) is 3.24. The third kappa shape index (κ3) is 3.69. The molecule has 1 N–H and O–H groups in total. The van der Waals surface area contributed by atoms with Crippen molar-refractivity contribution in [1.29, 1.82) is 0 Å². The van der Waals surface area contributed by atoms with Crippen LogP contribution in [0.5, 0.6) is 0 Å². The Morgan fingerprint density at radius 3 is 2.57 bits per heavy atom. The van der Waals surface area contributed by atoms with Crippen LogP contribution in [0.3, 0.4) is 0 Å². The van der Waals surface area contributed by atoms with Gasteiger partial charge in [-0.2, -0.15) is 0 Å². The summed E-state index contributed by atoms with van der Waals surface area (Å²) in [6, 6.07) is 0. The highest BCUT2D eigenvalue weighted by atomic mass is 16.4. The molecule has 1 rings (SSSR count). The van der Waals surface area contributed by atoms with Gasteiger partial charge in [-0.3, -0.25) is 4.79 Å². The van der Waals surface area contributed by atoms with Crippen molar-refractivity contribution in [2.45, 2.75) is 52.9 Å². The summed E-state index contributed by atoms with van der Waals surface area (Å²) in [5.41, 5.74) is 0.417. The van der Waals surface area contributed by atoms with Crippen LogP contribution in [0.2, 0.25) is 0 Å². The van der Waals surface area contributed by atoms with Crippen LogP contribution in [0.15, 0.2) is 0 Å². The molecule has 2 heteroatoms. The summed E-state index contributed by atoms with van der Waals surface area (Å²) >= 11 is 0. The highest BCUT2D eigenvalue weighted by molar-refractivity contribution is 5.66. The van der Waals surface area contributed by atoms with Gasteiger partial charge >= 0.3 is 5.97 Å². The number of carbonyl (C=O) groups is 1. The minimum atomic E-state index is -0.652. The second-order valence-electron chi connectivity index (χ2n) is 5.71. The lowest BCUT2D eigenvalue weighted by atomic mass is 9.67. The third-order valence-corrected chi connectivity index (χ3v) is 3.24. The lowest BCUT2D eigenvalue weighted by Gasteiger charge is -2.39. The first-order chi connectivity index (χ1) is 6.39. The van der Waals surface area contributed by atoms with E-state index < -0.39 is 5.97 Å². The van der Waals surface area contributed by atoms with Gasteiger partial charge in [-0.1, -0.05) is 20.8 Å². The standard InChI is InChI=1S/C12H22O2/c1-9-6-10(4-5-11(13)14)8-12(2,3)7-9/h9-10H,4-8H2,1-3H3,(H,13,14)/t9-,10+/m0/s1. The van der Waals surface area contributed by atoms with Crippen molar-refractivity contribution in [3.05, 3.63) is 0 Å². The van der Waals surface area contributed by atoms with Gasteiger partial charge in [0.1, 0.15) is 0 Å². The molecule has 82 valence electrons. The Labute approximate surface area is 86.7 Å². The fraction of sp³-hybridized carbons (Fsp3) is 0.917. The van der Waals surface area contributed by atoms with E-state index in [1.165, 1.54) is 19.3 Å². The number of aliphatic carboxylic acids is 1. The summed E-state index contributed by atoms with van der Waals surface area (Å²) in [7, 11) is 0. The van der Waals surface area contributed by atoms with Crippen molar-refractivity contribution in [3.8, 4) is 0 Å². The molecule has 14 heavy (non-hydrogen) atoms. The van der Waals surface area contributed by atoms with E-state index in [4.69, 9.17) is 5.11 Å². The van der Waals surface area contributed by atoms with Crippen LogP contribution in [-0.4, -0.2) is 11.1 Å². The first kappa shape index (κ1) is 11.5. The zero-order chi connectivity index (χ0) is 10.8. The molecule has 0 radical (unpaired) electrons. The number of hydrogen-bond donors (Lipinski definition) is 1. The van der Waals surface area contributed by atoms with Crippen LogP contribution < -0.4 is 0 Å². The second kappa shape index (κ2) is 4.33. The zero-order valence-corrected chi connectivity index (χ0v) is 9.55. The molecule has 0 aromatic carbocycles. The molecule has 0 spiro atoms. The maximum Gasteiger partial charge on any atom is 0.303 e. The van der Waals surface area contributed by atoms with Gasteiger partial charge in [0.25, 0.3) is 0 Å². The smallest absolute Gasteiger partial charge is 0.303 e. The van der Waals surface area contributed by atoms with Gasteiger partial charge in [0, 0.05) is 6.42 Å². The summed E-state index contributed by atoms with van der Waals surface area (Å²) in [5.74, 6) is 0.739. The van der Waals surface area contributed by atoms with E-state index in [0.29, 0.717) is 17.8 Å². The average molecular weight is 198 g/mol. The quantitative estimate of drug-likeness (QED) is 0.755. The van der Waals surface area contributed by atoms with Gasteiger partial charge in [0.2, 0.25) is 0 Å². The van der Waals surface area contributed by atoms with Crippen molar-refractivity contribution in [3.63, 3.8) is 0 Å². The van der Waals surface area contributed by atoms with Crippen LogP contribution in [0.4, 0.5) is 0 Å². The van der Waals surface area contributed by atoms with Gasteiger partial charge in [-0.05, 0) is 42.9 Å². The predicted octanol–water partition coefficient (Wildman–Crippen LogP) is 3.31. The van der Waals surface area contributed by atoms with E-state index in [-0.39, 0.29) is 0 Å². The highest BCUT2D eigenvalue weighted by Gasteiger charge is 2.31. The number of carboxylic acid groups (broad SMARTS) is 1. The van der Waals surface area contributed by atoms with E-state index in [2.05, 4.69) is 20.8 Å². The molecular weight excluding hydrogens is 176 g/mol. The summed E-state index contributed by atoms with van der Waals surface area (Å²) in [4.78, 5) is 10.5. The van der Waals surface area contributed by atoms with E-state index in [1.54, 1.807) is 0 Å². The molecule has 0 aliphatic heterocycles. The largest absolute Gasteiger partial charge is 0.481 e. The maximum absolute atomic E-state index is 10.5. The second-order valence-corrected chi connectivity index (χ2v) is 5.71. The molecule has 2 nitrogen and oxygen atoms in total. The molecular formula is C12H22O2. The van der Waals surface area contributed by atoms with E-state index in [0.717, 1.165) is 12.3 Å². The Hall–Kier alpha value is -0.530. The summed E-state index contributed by atoms with van der Waals surface area (Å²) in [5, 5.41) is 8.64. The van der Waals surface area contributed by atoms with Crippen molar-refractivity contribution in [2.24, 2.45) is 17.3 Å². The lowest BCUT2D eigenvalue weighted by Crippen LogP contribution is -2.27. The molecule has 0 aromatic heterocycles. The molecule has 1 aliphatic rings. The Balaban J connectivity index is 2.42. The highest BCUT2D eigenvalue weighted by Crippen LogP contribution is 2.43. The summed E-state index contributed by atoms with van der Waals surface area (Å²) in [6.07, 6.45) is 4.91. The number of hydrogen-bond acceptors (Lipinski definition) is 1. The molecule has 0 saturated heterocycles. The molecule has 0 amide bonds. The Kier molecular flexibility index (Phi) is 3.57. The van der Waals surface area contributed by atoms with Crippen LogP contribution in [0, 0.1) is 17.3 Å². The summed E-state index contributed by atoms with van der Waals surface area (Å²) in [6.45, 7) is 6.89. The van der Waals surface area contributed by atoms with Crippen molar-refractivity contribution >= 4 is 5.97 Å². The van der Waals surface area contributed by atoms with E-state index in [1.807, 2.05) is 0 Å². The van der Waals surface area contributed by atoms with Gasteiger partial charge in [0.15, 0.2) is 0 Å². The Morgan fingerprint density at radius 2 is 2.07 bits per heavy atom. The maximum atomic E-state index is 10.5. The molecule has 1 aliphatic carbocycles. The molecule has 1 saturated carbocycles. The van der Waals surface area contributed by atoms with Crippen LogP contribution >= 0.6 is 0 Å². The van der Waals surface area contributed by atoms with Crippen LogP contribution in [-0.2, 0) is 4.79 Å². The van der Waals surface area contributed by atoms with Crippen LogP contribution in [0.1, 0.15) is 52.9 Å². The van der Waals surface area contributed by atoms with Gasteiger partial charge in [-0.15, -0.1) is 0 Å². The molecule has 0 bridgehead atoms. The van der Waals surface area contributed by atoms with E-state index >= 15 is 0 Å². The Morgan fingerprint density at radius 1 is 1.43 bits per heavy atom. The minimum absolute atomic E-state index is 0.341. The first-order valence-corrected chi connectivity index (χ1v) is 5.61. The fourth-order valence-electron chi connectivity index (χ4n) is 3.09. The lowest BCUT2D eigenvalue weighted by molar-refractivity contribution is -0.137. The van der Waals surface area contributed by atoms with Crippen LogP contribution in [0.25, 0.3) is 0 Å². The van der Waals surface area contributed by atoms with E-state index in [9.17, 15) is 4.79 Å². The van der Waals surface area contributed by atoms with Crippen molar-refractivity contribution in [1.82, 2.24) is 0 Å². The fourth-order valence-corrected chi connectivity index (χ4v) is 3.09. The number of rotatable bonds is 3. The normalized spacial score (nSPS) is 31.4. The van der Waals surface area contributed by atoms with Gasteiger partial charge < -0.3 is 5.11 Å². The van der Waals surface area contributed by atoms with Crippen molar-refractivity contribution < 1.29 is 9.90 Å². The van der Waals surface area contributed by atoms with Gasteiger partial charge in [-0.25, -0.2) is 0 Å². The number of carboxylic acids is 1. The SMILES string of the molecule is C[C@H]1C[C@@H](CCC(=O)O)CC(C)(C)C1. The summed E-state index contributed by atoms with van der Waals surface area (Å²) < 4.78 is 0. The molecule has 0 heterocycles. The average Bonchev–Trinajstić information content (AvgIpc) is 1.96. The topological polar surface area (TPSA) is 37.3 Å². The van der Waals surface area contributed by atoms with Gasteiger partial charge in [0.05, 0.1) is 0 Å². The predicted molar refractivity (Wildman–Crippen MR) is 57.2 cm³/mol. The first-order valence-electron chi connectivity index (χ1n) is 5.61. The molecule has 1 fully saturated rings. The minimum Gasteiger partial charge on any atom is -0.481 e. The monoisotopic (exact) mass is 198 g/mol. The molecule has 2 atom stereocenters.